The summed E-state index contributed by atoms with van der Waals surface area (Å²) in [4.78, 5) is 26.5. The number of esters is 1. The Labute approximate surface area is 155 Å². The normalized spacial score (nSPS) is 11.5. The molecule has 1 N–H and O–H groups in total. The zero-order chi connectivity index (χ0) is 18.9. The largest absolute Gasteiger partial charge is 0.468 e. The van der Waals surface area contributed by atoms with Crippen molar-refractivity contribution in [2.75, 3.05) is 18.6 Å². The Morgan fingerprint density at radius 2 is 1.85 bits per heavy atom. The van der Waals surface area contributed by atoms with E-state index in [1.54, 1.807) is 4.90 Å². The first kappa shape index (κ1) is 19.5. The highest BCUT2D eigenvalue weighted by Crippen LogP contribution is 2.20. The molecule has 0 saturated carbocycles. The smallest absolute Gasteiger partial charge is 0.325 e. The topological polar surface area (TPSA) is 58.6 Å². The summed E-state index contributed by atoms with van der Waals surface area (Å²) in [5.74, 6) is -0.484. The van der Waals surface area contributed by atoms with E-state index < -0.39 is 6.04 Å². The number of nitrogens with zero attached hydrogens (tertiary/aromatic N) is 1. The molecule has 0 unspecified atom stereocenters. The number of carbonyl (C=O) groups excluding carboxylic acids is 2. The van der Waals surface area contributed by atoms with E-state index in [1.807, 2.05) is 68.4 Å². The molecule has 138 valence electrons. The van der Waals surface area contributed by atoms with Crippen LogP contribution in [0.3, 0.4) is 0 Å². The zero-order valence-electron chi connectivity index (χ0n) is 15.6. The number of benzene rings is 2. The molecule has 26 heavy (non-hydrogen) atoms. The van der Waals surface area contributed by atoms with Gasteiger partial charge in [0.15, 0.2) is 0 Å². The summed E-state index contributed by atoms with van der Waals surface area (Å²) in [6, 6.07) is 17.1. The molecule has 0 aliphatic heterocycles. The second-order valence-corrected chi connectivity index (χ2v) is 6.17. The van der Waals surface area contributed by atoms with Gasteiger partial charge in [0.25, 0.3) is 0 Å². The molecule has 2 aromatic rings. The van der Waals surface area contributed by atoms with Gasteiger partial charge in [-0.3, -0.25) is 9.59 Å². The fraction of sp³-hybridized carbons (Fsp3) is 0.333. The summed E-state index contributed by atoms with van der Waals surface area (Å²) in [7, 11) is 1.35. The van der Waals surface area contributed by atoms with Crippen molar-refractivity contribution in [3.63, 3.8) is 0 Å². The molecule has 0 radical (unpaired) electrons. The van der Waals surface area contributed by atoms with Crippen LogP contribution >= 0.6 is 0 Å². The minimum Gasteiger partial charge on any atom is -0.468 e. The van der Waals surface area contributed by atoms with Crippen LogP contribution in [0.1, 0.15) is 24.5 Å². The number of methoxy groups -OCH3 is 1. The summed E-state index contributed by atoms with van der Waals surface area (Å²) in [5.41, 5.74) is 2.93. The van der Waals surface area contributed by atoms with Crippen LogP contribution in [0.2, 0.25) is 0 Å². The van der Waals surface area contributed by atoms with Gasteiger partial charge in [0, 0.05) is 12.2 Å². The van der Waals surface area contributed by atoms with Crippen LogP contribution in [0.4, 0.5) is 5.69 Å². The zero-order valence-corrected chi connectivity index (χ0v) is 15.6. The van der Waals surface area contributed by atoms with Crippen LogP contribution in [0.15, 0.2) is 54.6 Å². The molecule has 2 aromatic carbocycles. The molecule has 1 atom stereocenters. The van der Waals surface area contributed by atoms with Gasteiger partial charge in [-0.15, -0.1) is 0 Å². The highest BCUT2D eigenvalue weighted by molar-refractivity contribution is 5.87. The van der Waals surface area contributed by atoms with Gasteiger partial charge in [0.1, 0.15) is 12.6 Å². The van der Waals surface area contributed by atoms with Gasteiger partial charge in [-0.1, -0.05) is 49.4 Å². The predicted octanol–water partition coefficient (Wildman–Crippen LogP) is 3.07. The van der Waals surface area contributed by atoms with E-state index in [1.165, 1.54) is 7.11 Å². The number of amides is 1. The van der Waals surface area contributed by atoms with Gasteiger partial charge >= 0.3 is 5.97 Å². The maximum atomic E-state index is 12.8. The number of ether oxygens (including phenoxy) is 1. The van der Waals surface area contributed by atoms with Crippen molar-refractivity contribution in [3.05, 3.63) is 65.7 Å². The average Bonchev–Trinajstić information content (AvgIpc) is 2.66. The SMILES string of the molecule is CC[C@H](C(=O)NCc1ccccc1)N(CC(=O)OC)c1cccc(C)c1. The molecule has 5 nitrogen and oxygen atoms in total. The van der Waals surface area contributed by atoms with Gasteiger partial charge < -0.3 is 15.0 Å². The predicted molar refractivity (Wildman–Crippen MR) is 103 cm³/mol. The fourth-order valence-corrected chi connectivity index (χ4v) is 2.84. The van der Waals surface area contributed by atoms with Crippen molar-refractivity contribution in [1.29, 1.82) is 0 Å². The van der Waals surface area contributed by atoms with Gasteiger partial charge in [0.2, 0.25) is 5.91 Å². The van der Waals surface area contributed by atoms with Gasteiger partial charge in [-0.25, -0.2) is 0 Å². The Kier molecular flexibility index (Phi) is 7.21. The number of aryl methyl sites for hydroxylation is 1. The first-order chi connectivity index (χ1) is 12.5. The third kappa shape index (κ3) is 5.34. The van der Waals surface area contributed by atoms with Crippen LogP contribution in [0.25, 0.3) is 0 Å². The number of anilines is 1. The molecular formula is C21H26N2O3. The van der Waals surface area contributed by atoms with Crippen LogP contribution < -0.4 is 10.2 Å². The van der Waals surface area contributed by atoms with Crippen molar-refractivity contribution in [3.8, 4) is 0 Å². The number of hydrogen-bond donors (Lipinski definition) is 1. The van der Waals surface area contributed by atoms with Crippen molar-refractivity contribution in [2.45, 2.75) is 32.9 Å². The highest BCUT2D eigenvalue weighted by atomic mass is 16.5. The third-order valence-electron chi connectivity index (χ3n) is 4.24. The molecule has 0 saturated heterocycles. The van der Waals surface area contributed by atoms with Crippen molar-refractivity contribution < 1.29 is 14.3 Å². The molecular weight excluding hydrogens is 328 g/mol. The van der Waals surface area contributed by atoms with Crippen molar-refractivity contribution in [1.82, 2.24) is 5.32 Å². The van der Waals surface area contributed by atoms with E-state index in [0.717, 1.165) is 16.8 Å². The van der Waals surface area contributed by atoms with Crippen molar-refractivity contribution in [2.24, 2.45) is 0 Å². The second-order valence-electron chi connectivity index (χ2n) is 6.17. The molecule has 0 aliphatic carbocycles. The van der Waals surface area contributed by atoms with Crippen LogP contribution in [-0.4, -0.2) is 31.6 Å². The molecule has 2 rings (SSSR count). The lowest BCUT2D eigenvalue weighted by molar-refractivity contribution is -0.139. The second kappa shape index (κ2) is 9.61. The lowest BCUT2D eigenvalue weighted by Gasteiger charge is -2.31. The number of carbonyl (C=O) groups is 2. The molecule has 0 fully saturated rings. The van der Waals surface area contributed by atoms with E-state index in [-0.39, 0.29) is 18.4 Å². The van der Waals surface area contributed by atoms with Crippen LogP contribution in [0, 0.1) is 6.92 Å². The molecule has 0 aromatic heterocycles. The summed E-state index contributed by atoms with van der Waals surface area (Å²) in [5, 5.41) is 2.97. The van der Waals surface area contributed by atoms with Crippen LogP contribution in [-0.2, 0) is 20.9 Å². The standard InChI is InChI=1S/C21H26N2O3/c1-4-19(21(25)22-14-17-10-6-5-7-11-17)23(15-20(24)26-3)18-12-8-9-16(2)13-18/h5-13,19H,4,14-15H2,1-3H3,(H,22,25)/t19-/m1/s1. The Morgan fingerprint density at radius 3 is 2.46 bits per heavy atom. The summed E-state index contributed by atoms with van der Waals surface area (Å²) >= 11 is 0. The van der Waals surface area contributed by atoms with E-state index >= 15 is 0 Å². The maximum absolute atomic E-state index is 12.8. The van der Waals surface area contributed by atoms with E-state index in [9.17, 15) is 9.59 Å². The average molecular weight is 354 g/mol. The monoisotopic (exact) mass is 354 g/mol. The quantitative estimate of drug-likeness (QED) is 0.740. The molecule has 0 heterocycles. The minimum absolute atomic E-state index is 0.0250. The lowest BCUT2D eigenvalue weighted by atomic mass is 10.1. The molecule has 0 aliphatic rings. The van der Waals surface area contributed by atoms with E-state index in [0.29, 0.717) is 13.0 Å². The lowest BCUT2D eigenvalue weighted by Crippen LogP contribution is -2.48. The van der Waals surface area contributed by atoms with Gasteiger partial charge in [-0.05, 0) is 36.6 Å². The highest BCUT2D eigenvalue weighted by Gasteiger charge is 2.26. The van der Waals surface area contributed by atoms with Gasteiger partial charge in [0.05, 0.1) is 7.11 Å². The summed E-state index contributed by atoms with van der Waals surface area (Å²) < 4.78 is 4.82. The summed E-state index contributed by atoms with van der Waals surface area (Å²) in [6.07, 6.45) is 0.575. The molecule has 0 spiro atoms. The molecule has 5 heteroatoms. The van der Waals surface area contributed by atoms with Gasteiger partial charge in [-0.2, -0.15) is 0 Å². The first-order valence-corrected chi connectivity index (χ1v) is 8.77. The number of rotatable bonds is 8. The van der Waals surface area contributed by atoms with Crippen LogP contribution in [0.5, 0.6) is 0 Å². The third-order valence-corrected chi connectivity index (χ3v) is 4.24. The van der Waals surface area contributed by atoms with E-state index in [2.05, 4.69) is 5.32 Å². The number of nitrogens with one attached hydrogen (secondary N) is 1. The Bertz CT molecular complexity index is 731. The minimum atomic E-state index is -0.459. The van der Waals surface area contributed by atoms with E-state index in [4.69, 9.17) is 4.74 Å². The molecule has 0 bridgehead atoms. The molecule has 1 amide bonds. The first-order valence-electron chi connectivity index (χ1n) is 8.77. The Hall–Kier alpha value is -2.82. The number of hydrogen-bond acceptors (Lipinski definition) is 4. The maximum Gasteiger partial charge on any atom is 0.325 e. The Morgan fingerprint density at radius 1 is 1.12 bits per heavy atom. The Balaban J connectivity index is 2.18. The summed E-state index contributed by atoms with van der Waals surface area (Å²) in [6.45, 7) is 4.40. The fourth-order valence-electron chi connectivity index (χ4n) is 2.84. The van der Waals surface area contributed by atoms with Crippen molar-refractivity contribution >= 4 is 17.6 Å².